The smallest absolute Gasteiger partial charge is 0.317 e. The number of amides is 2. The summed E-state index contributed by atoms with van der Waals surface area (Å²) in [5.74, 6) is -0.964. The summed E-state index contributed by atoms with van der Waals surface area (Å²) in [7, 11) is 0. The van der Waals surface area contributed by atoms with E-state index >= 15 is 0 Å². The van der Waals surface area contributed by atoms with Crippen molar-refractivity contribution in [1.29, 1.82) is 0 Å². The van der Waals surface area contributed by atoms with Gasteiger partial charge in [-0.25, -0.2) is 4.79 Å². The zero-order valence-electron chi connectivity index (χ0n) is 13.8. The molecule has 1 aliphatic carbocycles. The van der Waals surface area contributed by atoms with Crippen LogP contribution in [0, 0.1) is 12.8 Å². The fourth-order valence-corrected chi connectivity index (χ4v) is 4.53. The number of hydrogen-bond donors (Lipinski definition) is 2. The molecule has 1 heterocycles. The SMILES string of the molecule is Cc1cc(Br)c2c(c1)CN(C(=O)NC1CCC(C(=O)O)CC1)CC2. The lowest BCUT2D eigenvalue weighted by atomic mass is 9.86. The maximum Gasteiger partial charge on any atom is 0.317 e. The zero-order valence-corrected chi connectivity index (χ0v) is 15.4. The number of carbonyl (C=O) groups excluding carboxylic acids is 1. The highest BCUT2D eigenvalue weighted by Gasteiger charge is 2.29. The number of aryl methyl sites for hydroxylation is 1. The van der Waals surface area contributed by atoms with E-state index in [1.54, 1.807) is 0 Å². The molecule has 24 heavy (non-hydrogen) atoms. The molecule has 0 saturated heterocycles. The van der Waals surface area contributed by atoms with Crippen LogP contribution < -0.4 is 5.32 Å². The molecule has 1 aliphatic heterocycles. The first-order valence-electron chi connectivity index (χ1n) is 8.50. The van der Waals surface area contributed by atoms with E-state index < -0.39 is 5.97 Å². The number of rotatable bonds is 2. The van der Waals surface area contributed by atoms with Gasteiger partial charge in [0.15, 0.2) is 0 Å². The average Bonchev–Trinajstić information content (AvgIpc) is 2.54. The first-order chi connectivity index (χ1) is 11.4. The fourth-order valence-electron chi connectivity index (χ4n) is 3.72. The number of nitrogens with one attached hydrogen (secondary N) is 1. The van der Waals surface area contributed by atoms with Gasteiger partial charge in [0.1, 0.15) is 0 Å². The monoisotopic (exact) mass is 394 g/mol. The highest BCUT2D eigenvalue weighted by molar-refractivity contribution is 9.10. The zero-order chi connectivity index (χ0) is 17.3. The van der Waals surface area contributed by atoms with E-state index in [0.29, 0.717) is 25.9 Å². The Kier molecular flexibility index (Phi) is 5.13. The van der Waals surface area contributed by atoms with Gasteiger partial charge in [0.25, 0.3) is 0 Å². The quantitative estimate of drug-likeness (QED) is 0.806. The normalized spacial score (nSPS) is 23.5. The molecule has 3 rings (SSSR count). The average molecular weight is 395 g/mol. The van der Waals surface area contributed by atoms with Crippen LogP contribution in [-0.2, 0) is 17.8 Å². The molecule has 0 aromatic heterocycles. The number of halogens is 1. The minimum absolute atomic E-state index is 0.0305. The van der Waals surface area contributed by atoms with Gasteiger partial charge >= 0.3 is 12.0 Å². The van der Waals surface area contributed by atoms with Crippen molar-refractivity contribution in [3.8, 4) is 0 Å². The first-order valence-corrected chi connectivity index (χ1v) is 9.29. The minimum Gasteiger partial charge on any atom is -0.481 e. The summed E-state index contributed by atoms with van der Waals surface area (Å²) >= 11 is 3.62. The number of aliphatic carboxylic acids is 1. The van der Waals surface area contributed by atoms with Gasteiger partial charge in [-0.15, -0.1) is 0 Å². The van der Waals surface area contributed by atoms with Crippen LogP contribution in [0.5, 0.6) is 0 Å². The van der Waals surface area contributed by atoms with Gasteiger partial charge in [-0.1, -0.05) is 22.0 Å². The van der Waals surface area contributed by atoms with Crippen molar-refractivity contribution in [1.82, 2.24) is 10.2 Å². The van der Waals surface area contributed by atoms with Gasteiger partial charge in [0.2, 0.25) is 0 Å². The summed E-state index contributed by atoms with van der Waals surface area (Å²) in [4.78, 5) is 25.4. The Morgan fingerprint density at radius 1 is 1.25 bits per heavy atom. The van der Waals surface area contributed by atoms with Crippen molar-refractivity contribution >= 4 is 27.9 Å². The summed E-state index contributed by atoms with van der Waals surface area (Å²) in [6, 6.07) is 4.34. The van der Waals surface area contributed by atoms with E-state index in [-0.39, 0.29) is 18.0 Å². The van der Waals surface area contributed by atoms with Gasteiger partial charge in [0, 0.05) is 23.6 Å². The van der Waals surface area contributed by atoms with E-state index in [1.165, 1.54) is 16.7 Å². The third kappa shape index (κ3) is 3.74. The van der Waals surface area contributed by atoms with E-state index in [0.717, 1.165) is 23.7 Å². The number of hydrogen-bond acceptors (Lipinski definition) is 2. The van der Waals surface area contributed by atoms with Crippen LogP contribution in [0.4, 0.5) is 4.79 Å². The van der Waals surface area contributed by atoms with Gasteiger partial charge in [-0.2, -0.15) is 0 Å². The van der Waals surface area contributed by atoms with Crippen molar-refractivity contribution in [2.24, 2.45) is 5.92 Å². The summed E-state index contributed by atoms with van der Waals surface area (Å²) in [5.41, 5.74) is 3.69. The van der Waals surface area contributed by atoms with Crippen molar-refractivity contribution in [3.63, 3.8) is 0 Å². The van der Waals surface area contributed by atoms with E-state index in [2.05, 4.69) is 40.3 Å². The van der Waals surface area contributed by atoms with Crippen LogP contribution in [0.25, 0.3) is 0 Å². The second kappa shape index (κ2) is 7.13. The highest BCUT2D eigenvalue weighted by Crippen LogP contribution is 2.29. The number of fused-ring (bicyclic) bond motifs is 1. The lowest BCUT2D eigenvalue weighted by Gasteiger charge is -2.33. The van der Waals surface area contributed by atoms with Gasteiger partial charge in [-0.05, 0) is 61.8 Å². The fraction of sp³-hybridized carbons (Fsp3) is 0.556. The largest absolute Gasteiger partial charge is 0.481 e. The van der Waals surface area contributed by atoms with Crippen LogP contribution in [0.15, 0.2) is 16.6 Å². The number of carboxylic acids is 1. The molecule has 1 saturated carbocycles. The Balaban J connectivity index is 1.58. The van der Waals surface area contributed by atoms with Crippen LogP contribution in [0.3, 0.4) is 0 Å². The molecule has 0 radical (unpaired) electrons. The second-order valence-electron chi connectivity index (χ2n) is 6.89. The number of nitrogens with zero attached hydrogens (tertiary/aromatic N) is 1. The van der Waals surface area contributed by atoms with Gasteiger partial charge in [0.05, 0.1) is 5.92 Å². The van der Waals surface area contributed by atoms with Crippen LogP contribution in [0.2, 0.25) is 0 Å². The number of carbonyl (C=O) groups is 2. The molecule has 2 aliphatic rings. The predicted octanol–water partition coefficient (Wildman–Crippen LogP) is 3.47. The minimum atomic E-state index is -0.714. The molecule has 2 amide bonds. The Labute approximate surface area is 150 Å². The van der Waals surface area contributed by atoms with Crippen molar-refractivity contribution in [2.75, 3.05) is 6.54 Å². The molecule has 0 atom stereocenters. The van der Waals surface area contributed by atoms with E-state index in [1.807, 2.05) is 4.90 Å². The van der Waals surface area contributed by atoms with Crippen molar-refractivity contribution < 1.29 is 14.7 Å². The summed E-state index contributed by atoms with van der Waals surface area (Å²) in [5, 5.41) is 12.1. The molecule has 1 fully saturated rings. The van der Waals surface area contributed by atoms with Crippen LogP contribution >= 0.6 is 15.9 Å². The molecule has 130 valence electrons. The van der Waals surface area contributed by atoms with Gasteiger partial charge in [-0.3, -0.25) is 4.79 Å². The molecule has 2 N–H and O–H groups in total. The summed E-state index contributed by atoms with van der Waals surface area (Å²) in [6.07, 6.45) is 3.65. The van der Waals surface area contributed by atoms with Crippen molar-refractivity contribution in [3.05, 3.63) is 33.3 Å². The molecule has 6 heteroatoms. The molecule has 0 bridgehead atoms. The third-order valence-corrected chi connectivity index (χ3v) is 5.82. The Hall–Kier alpha value is -1.56. The molecular weight excluding hydrogens is 372 g/mol. The molecule has 0 unspecified atom stereocenters. The maximum atomic E-state index is 12.5. The summed E-state index contributed by atoms with van der Waals surface area (Å²) in [6.45, 7) is 3.40. The van der Waals surface area contributed by atoms with Crippen LogP contribution in [0.1, 0.15) is 42.4 Å². The third-order valence-electron chi connectivity index (χ3n) is 5.12. The van der Waals surface area contributed by atoms with Gasteiger partial charge < -0.3 is 15.3 Å². The Morgan fingerprint density at radius 2 is 1.96 bits per heavy atom. The van der Waals surface area contributed by atoms with Crippen molar-refractivity contribution in [2.45, 2.75) is 51.6 Å². The number of benzene rings is 1. The molecule has 1 aromatic rings. The lowest BCUT2D eigenvalue weighted by Crippen LogP contribution is -2.47. The Bertz CT molecular complexity index is 654. The molecular formula is C18H23BrN2O3. The van der Waals surface area contributed by atoms with Crippen LogP contribution in [-0.4, -0.2) is 34.6 Å². The van der Waals surface area contributed by atoms with E-state index in [9.17, 15) is 9.59 Å². The number of carboxylic acid groups (broad SMARTS) is 1. The highest BCUT2D eigenvalue weighted by atomic mass is 79.9. The topological polar surface area (TPSA) is 69.6 Å². The number of urea groups is 1. The lowest BCUT2D eigenvalue weighted by molar-refractivity contribution is -0.142. The predicted molar refractivity (Wildman–Crippen MR) is 94.9 cm³/mol. The van der Waals surface area contributed by atoms with E-state index in [4.69, 9.17) is 5.11 Å². The first kappa shape index (κ1) is 17.3. The maximum absolute atomic E-state index is 12.5. The summed E-state index contributed by atoms with van der Waals surface area (Å²) < 4.78 is 1.13. The Morgan fingerprint density at radius 3 is 2.62 bits per heavy atom. The molecule has 1 aromatic carbocycles. The molecule has 5 nitrogen and oxygen atoms in total. The standard InChI is InChI=1S/C18H23BrN2O3/c1-11-8-13-10-21(7-6-15(13)16(19)9-11)18(24)20-14-4-2-12(3-5-14)17(22)23/h8-9,12,14H,2-7,10H2,1H3,(H,20,24)(H,22,23). The second-order valence-corrected chi connectivity index (χ2v) is 7.75. The molecule has 0 spiro atoms.